The van der Waals surface area contributed by atoms with Gasteiger partial charge in [0.1, 0.15) is 0 Å². The van der Waals surface area contributed by atoms with Gasteiger partial charge in [0.25, 0.3) is 0 Å². The minimum atomic E-state index is 0.249. The number of fused-ring (bicyclic) bond motifs is 1. The first-order valence-corrected chi connectivity index (χ1v) is 8.08. The molecular formula is C15H26N2O3. The summed E-state index contributed by atoms with van der Waals surface area (Å²) in [5.41, 5.74) is 0. The number of carbonyl (C=O) groups excluding carboxylic acids is 1. The normalized spacial score (nSPS) is 31.3. The Labute approximate surface area is 121 Å². The Bertz CT molecular complexity index is 331. The van der Waals surface area contributed by atoms with Crippen LogP contribution in [0.2, 0.25) is 0 Å². The number of rotatable bonds is 4. The Hall–Kier alpha value is -0.650. The van der Waals surface area contributed by atoms with E-state index in [0.717, 1.165) is 45.3 Å². The van der Waals surface area contributed by atoms with Crippen LogP contribution in [0.25, 0.3) is 0 Å². The van der Waals surface area contributed by atoms with E-state index >= 15 is 0 Å². The maximum atomic E-state index is 12.4. The summed E-state index contributed by atoms with van der Waals surface area (Å²) in [5, 5.41) is 3.32. The second-order valence-electron chi connectivity index (χ2n) is 6.06. The summed E-state index contributed by atoms with van der Waals surface area (Å²) >= 11 is 0. The summed E-state index contributed by atoms with van der Waals surface area (Å²) in [7, 11) is 0. The van der Waals surface area contributed by atoms with Gasteiger partial charge in [-0.2, -0.15) is 0 Å². The third-order valence-corrected chi connectivity index (χ3v) is 4.76. The Morgan fingerprint density at radius 1 is 1.25 bits per heavy atom. The summed E-state index contributed by atoms with van der Waals surface area (Å²) in [6, 6.07) is 0.329. The molecule has 114 valence electrons. The van der Waals surface area contributed by atoms with Crippen LogP contribution in [0, 0.1) is 0 Å². The van der Waals surface area contributed by atoms with E-state index in [1.165, 1.54) is 6.42 Å². The first-order valence-electron chi connectivity index (χ1n) is 8.08. The van der Waals surface area contributed by atoms with Gasteiger partial charge in [-0.25, -0.2) is 0 Å². The van der Waals surface area contributed by atoms with Crippen LogP contribution in [-0.4, -0.2) is 61.9 Å². The van der Waals surface area contributed by atoms with Crippen molar-refractivity contribution in [3.63, 3.8) is 0 Å². The molecular weight excluding hydrogens is 256 g/mol. The highest BCUT2D eigenvalue weighted by Gasteiger charge is 2.38. The molecule has 0 aromatic rings. The Morgan fingerprint density at radius 2 is 2.10 bits per heavy atom. The maximum absolute atomic E-state index is 12.4. The highest BCUT2D eigenvalue weighted by atomic mass is 16.5. The van der Waals surface area contributed by atoms with Crippen LogP contribution in [-0.2, 0) is 14.3 Å². The third-order valence-electron chi connectivity index (χ3n) is 4.76. The number of nitrogens with zero attached hydrogens (tertiary/aromatic N) is 1. The van der Waals surface area contributed by atoms with E-state index in [2.05, 4.69) is 5.32 Å². The Kier molecular flexibility index (Phi) is 4.91. The number of nitrogens with one attached hydrogen (secondary N) is 1. The smallest absolute Gasteiger partial charge is 0.225 e. The molecule has 1 saturated carbocycles. The van der Waals surface area contributed by atoms with Crippen molar-refractivity contribution in [3.8, 4) is 0 Å². The molecule has 1 amide bonds. The molecule has 3 aliphatic rings. The van der Waals surface area contributed by atoms with Crippen molar-refractivity contribution < 1.29 is 14.3 Å². The van der Waals surface area contributed by atoms with Gasteiger partial charge in [0.05, 0.1) is 37.9 Å². The van der Waals surface area contributed by atoms with Crippen molar-refractivity contribution >= 4 is 5.91 Å². The summed E-state index contributed by atoms with van der Waals surface area (Å²) in [6.07, 6.45) is 6.68. The van der Waals surface area contributed by atoms with Gasteiger partial charge in [0, 0.05) is 6.54 Å². The number of amides is 1. The van der Waals surface area contributed by atoms with Gasteiger partial charge >= 0.3 is 0 Å². The molecule has 2 heterocycles. The largest absolute Gasteiger partial charge is 0.378 e. The summed E-state index contributed by atoms with van der Waals surface area (Å²) in [6.45, 7) is 4.09. The topological polar surface area (TPSA) is 50.8 Å². The molecule has 2 unspecified atom stereocenters. The van der Waals surface area contributed by atoms with Gasteiger partial charge in [-0.3, -0.25) is 4.79 Å². The minimum Gasteiger partial charge on any atom is -0.378 e. The zero-order valence-corrected chi connectivity index (χ0v) is 12.2. The molecule has 1 N–H and O–H groups in total. The molecule has 2 atom stereocenters. The van der Waals surface area contributed by atoms with E-state index in [9.17, 15) is 4.79 Å². The number of piperidine rings is 1. The van der Waals surface area contributed by atoms with E-state index in [-0.39, 0.29) is 12.0 Å². The van der Waals surface area contributed by atoms with Gasteiger partial charge in [0.15, 0.2) is 0 Å². The van der Waals surface area contributed by atoms with Gasteiger partial charge in [-0.1, -0.05) is 0 Å². The summed E-state index contributed by atoms with van der Waals surface area (Å²) in [4.78, 5) is 14.4. The van der Waals surface area contributed by atoms with Crippen molar-refractivity contribution in [2.24, 2.45) is 0 Å². The van der Waals surface area contributed by atoms with Crippen LogP contribution in [0.3, 0.4) is 0 Å². The van der Waals surface area contributed by atoms with Crippen LogP contribution in [0.15, 0.2) is 0 Å². The fraction of sp³-hybridized carbons (Fsp3) is 0.933. The Balaban J connectivity index is 1.41. The van der Waals surface area contributed by atoms with Crippen molar-refractivity contribution in [2.45, 2.75) is 56.8 Å². The van der Waals surface area contributed by atoms with Crippen LogP contribution in [0.5, 0.6) is 0 Å². The lowest BCUT2D eigenvalue weighted by molar-refractivity contribution is -0.145. The van der Waals surface area contributed by atoms with Crippen LogP contribution in [0.1, 0.15) is 38.5 Å². The molecule has 2 saturated heterocycles. The average molecular weight is 282 g/mol. The molecule has 5 heteroatoms. The SMILES string of the molecule is O=C(CCOC1CCNCC1)N1CCOC2CCCC21. The lowest BCUT2D eigenvalue weighted by Gasteiger charge is -2.37. The first kappa shape index (κ1) is 14.3. The third kappa shape index (κ3) is 3.32. The van der Waals surface area contributed by atoms with Crippen molar-refractivity contribution in [2.75, 3.05) is 32.8 Å². The van der Waals surface area contributed by atoms with E-state index in [4.69, 9.17) is 9.47 Å². The molecule has 0 radical (unpaired) electrons. The molecule has 3 rings (SSSR count). The fourth-order valence-electron chi connectivity index (χ4n) is 3.65. The summed E-state index contributed by atoms with van der Waals surface area (Å²) in [5.74, 6) is 0.249. The number of morpholine rings is 1. The predicted molar refractivity (Wildman–Crippen MR) is 75.6 cm³/mol. The van der Waals surface area contributed by atoms with E-state index in [0.29, 0.717) is 31.8 Å². The highest BCUT2D eigenvalue weighted by Crippen LogP contribution is 2.29. The van der Waals surface area contributed by atoms with Gasteiger partial charge in [-0.15, -0.1) is 0 Å². The van der Waals surface area contributed by atoms with Gasteiger partial charge in [-0.05, 0) is 45.2 Å². The van der Waals surface area contributed by atoms with Gasteiger partial charge in [0.2, 0.25) is 5.91 Å². The number of hydrogen-bond donors (Lipinski definition) is 1. The average Bonchev–Trinajstić information content (AvgIpc) is 2.96. The molecule has 0 aromatic heterocycles. The Morgan fingerprint density at radius 3 is 2.95 bits per heavy atom. The van der Waals surface area contributed by atoms with E-state index in [1.54, 1.807) is 0 Å². The lowest BCUT2D eigenvalue weighted by atomic mass is 10.1. The second kappa shape index (κ2) is 6.87. The zero-order valence-electron chi connectivity index (χ0n) is 12.2. The molecule has 5 nitrogen and oxygen atoms in total. The van der Waals surface area contributed by atoms with Crippen molar-refractivity contribution in [3.05, 3.63) is 0 Å². The molecule has 2 aliphatic heterocycles. The number of ether oxygens (including phenoxy) is 2. The number of hydrogen-bond acceptors (Lipinski definition) is 4. The monoisotopic (exact) mass is 282 g/mol. The molecule has 20 heavy (non-hydrogen) atoms. The number of carbonyl (C=O) groups is 1. The van der Waals surface area contributed by atoms with E-state index < -0.39 is 0 Å². The van der Waals surface area contributed by atoms with Crippen molar-refractivity contribution in [1.82, 2.24) is 10.2 Å². The maximum Gasteiger partial charge on any atom is 0.225 e. The lowest BCUT2D eigenvalue weighted by Crippen LogP contribution is -2.51. The standard InChI is InChI=1S/C15H26N2O3/c18-15(6-10-19-12-4-7-16-8-5-12)17-9-11-20-14-3-1-2-13(14)17/h12-14,16H,1-11H2. The second-order valence-corrected chi connectivity index (χ2v) is 6.06. The first-order chi connectivity index (χ1) is 9.84. The molecule has 3 fully saturated rings. The van der Waals surface area contributed by atoms with E-state index in [1.807, 2.05) is 4.90 Å². The highest BCUT2D eigenvalue weighted by molar-refractivity contribution is 5.76. The van der Waals surface area contributed by atoms with Crippen molar-refractivity contribution in [1.29, 1.82) is 0 Å². The van der Waals surface area contributed by atoms with Crippen LogP contribution >= 0.6 is 0 Å². The van der Waals surface area contributed by atoms with Crippen LogP contribution in [0.4, 0.5) is 0 Å². The summed E-state index contributed by atoms with van der Waals surface area (Å²) < 4.78 is 11.6. The molecule has 0 aromatic carbocycles. The van der Waals surface area contributed by atoms with Gasteiger partial charge < -0.3 is 19.7 Å². The minimum absolute atomic E-state index is 0.249. The quantitative estimate of drug-likeness (QED) is 0.833. The van der Waals surface area contributed by atoms with Crippen LogP contribution < -0.4 is 5.32 Å². The fourth-order valence-corrected chi connectivity index (χ4v) is 3.65. The zero-order chi connectivity index (χ0) is 13.8. The molecule has 1 aliphatic carbocycles. The molecule has 0 spiro atoms. The molecule has 0 bridgehead atoms. The predicted octanol–water partition coefficient (Wildman–Crippen LogP) is 0.925.